The molecule has 41 heavy (non-hydrogen) atoms. The molecule has 0 saturated carbocycles. The van der Waals surface area contributed by atoms with Crippen LogP contribution in [0.1, 0.15) is 29.2 Å². The number of halogens is 3. The number of alkyl halides is 3. The van der Waals surface area contributed by atoms with E-state index < -0.39 is 11.7 Å². The average molecular weight is 592 g/mol. The fraction of sp³-hybridized carbons (Fsp3) is 0.167. The molecule has 2 heterocycles. The highest BCUT2D eigenvalue weighted by Gasteiger charge is 2.39. The number of nitrogens with one attached hydrogen (secondary N) is 1. The van der Waals surface area contributed by atoms with Crippen molar-refractivity contribution in [1.29, 1.82) is 5.26 Å². The van der Waals surface area contributed by atoms with Gasteiger partial charge in [-0.15, -0.1) is 0 Å². The van der Waals surface area contributed by atoms with Crippen molar-refractivity contribution in [3.63, 3.8) is 0 Å². The molecule has 11 heteroatoms. The largest absolute Gasteiger partial charge is 0.416 e. The lowest BCUT2D eigenvalue weighted by Crippen LogP contribution is -2.29. The van der Waals surface area contributed by atoms with Crippen LogP contribution in [0.15, 0.2) is 93.1 Å². The van der Waals surface area contributed by atoms with E-state index >= 15 is 0 Å². The molecule has 1 amide bonds. The van der Waals surface area contributed by atoms with Crippen LogP contribution in [0.3, 0.4) is 0 Å². The fourth-order valence-corrected chi connectivity index (χ4v) is 6.58. The van der Waals surface area contributed by atoms with Gasteiger partial charge in [0.25, 0.3) is 5.91 Å². The molecule has 1 fully saturated rings. The average Bonchev–Trinajstić information content (AvgIpc) is 3.48. The molecule has 0 aromatic heterocycles. The highest BCUT2D eigenvalue weighted by Crippen LogP contribution is 2.47. The smallest absolute Gasteiger partial charge is 0.384 e. The van der Waals surface area contributed by atoms with Crippen LogP contribution >= 0.6 is 23.5 Å². The predicted molar refractivity (Wildman–Crippen MR) is 159 cm³/mol. The van der Waals surface area contributed by atoms with Gasteiger partial charge in [-0.25, -0.2) is 4.99 Å². The second-order valence-electron chi connectivity index (χ2n) is 9.14. The van der Waals surface area contributed by atoms with E-state index in [1.54, 1.807) is 30.1 Å². The molecule has 0 atom stereocenters. The number of rotatable bonds is 6. The first kappa shape index (κ1) is 28.4. The number of amidine groups is 1. The second kappa shape index (κ2) is 11.8. The van der Waals surface area contributed by atoms with Crippen LogP contribution in [0, 0.1) is 11.3 Å². The van der Waals surface area contributed by atoms with E-state index in [9.17, 15) is 23.2 Å². The Labute approximate surface area is 244 Å². The molecule has 1 saturated heterocycles. The number of nitriles is 1. The Hall–Kier alpha value is -4.14. The highest BCUT2D eigenvalue weighted by molar-refractivity contribution is 8.19. The molecule has 208 valence electrons. The van der Waals surface area contributed by atoms with Crippen molar-refractivity contribution in [3.05, 3.63) is 110 Å². The molecular weight excluding hydrogens is 567 g/mol. The van der Waals surface area contributed by atoms with Gasteiger partial charge < -0.3 is 10.2 Å². The Bertz CT molecular complexity index is 1610. The first-order valence-corrected chi connectivity index (χ1v) is 14.3. The minimum Gasteiger partial charge on any atom is -0.384 e. The molecule has 1 N–H and O–H groups in total. The molecule has 0 unspecified atom stereocenters. The zero-order chi connectivity index (χ0) is 29.1. The Morgan fingerprint density at radius 3 is 2.44 bits per heavy atom. The third-order valence-corrected chi connectivity index (χ3v) is 8.65. The van der Waals surface area contributed by atoms with Crippen molar-refractivity contribution < 1.29 is 18.0 Å². The number of nitrogens with zero attached hydrogens (tertiary/aromatic N) is 4. The van der Waals surface area contributed by atoms with Crippen molar-refractivity contribution >= 4 is 51.7 Å². The van der Waals surface area contributed by atoms with Gasteiger partial charge in [0, 0.05) is 19.0 Å². The summed E-state index contributed by atoms with van der Waals surface area (Å²) in [5.41, 5.74) is 3.24. The van der Waals surface area contributed by atoms with Gasteiger partial charge in [-0.2, -0.15) is 18.4 Å². The molecule has 3 aromatic rings. The topological polar surface area (TPSA) is 71.7 Å². The van der Waals surface area contributed by atoms with E-state index in [-0.39, 0.29) is 5.91 Å². The summed E-state index contributed by atoms with van der Waals surface area (Å²) in [6.45, 7) is 2.91. The minimum atomic E-state index is -4.42. The summed E-state index contributed by atoms with van der Waals surface area (Å²) in [5.74, 6) is -0.226. The minimum absolute atomic E-state index is 0.226. The summed E-state index contributed by atoms with van der Waals surface area (Å²) in [7, 11) is 1.79. The quantitative estimate of drug-likeness (QED) is 0.298. The highest BCUT2D eigenvalue weighted by atomic mass is 32.2. The van der Waals surface area contributed by atoms with Crippen molar-refractivity contribution in [2.45, 2.75) is 19.6 Å². The number of aliphatic imine (C=N–C) groups is 1. The lowest BCUT2D eigenvalue weighted by molar-refractivity contribution is -0.137. The van der Waals surface area contributed by atoms with Crippen LogP contribution < -0.4 is 5.32 Å². The van der Waals surface area contributed by atoms with Gasteiger partial charge in [-0.05, 0) is 60.1 Å². The Kier molecular flexibility index (Phi) is 8.15. The standard InChI is InChI=1S/C30H24F3N5OS2/c1-3-35-23-14-9-20(16-34)15-24(23)36-29-38(17-19-7-5-4-6-8-19)27(39)26(41-29)28-37(2)25(18-40-28)21-10-12-22(13-11-21)30(31,32)33/h4-15,18,35H,3,17H2,1-2H3. The van der Waals surface area contributed by atoms with E-state index in [4.69, 9.17) is 4.99 Å². The monoisotopic (exact) mass is 591 g/mol. The van der Waals surface area contributed by atoms with Crippen LogP contribution in [-0.4, -0.2) is 34.5 Å². The number of hydrogen-bond donors (Lipinski definition) is 1. The fourth-order valence-electron chi connectivity index (χ4n) is 4.34. The Morgan fingerprint density at radius 2 is 1.78 bits per heavy atom. The Balaban J connectivity index is 1.52. The zero-order valence-electron chi connectivity index (χ0n) is 22.1. The summed E-state index contributed by atoms with van der Waals surface area (Å²) in [6, 6.07) is 21.9. The summed E-state index contributed by atoms with van der Waals surface area (Å²) in [5, 5.41) is 15.7. The second-order valence-corrected chi connectivity index (χ2v) is 11.0. The third kappa shape index (κ3) is 5.99. The molecule has 6 nitrogen and oxygen atoms in total. The predicted octanol–water partition coefficient (Wildman–Crippen LogP) is 7.62. The summed E-state index contributed by atoms with van der Waals surface area (Å²) in [6.07, 6.45) is -4.42. The third-order valence-electron chi connectivity index (χ3n) is 6.41. The van der Waals surface area contributed by atoms with Crippen molar-refractivity contribution in [2.75, 3.05) is 18.9 Å². The van der Waals surface area contributed by atoms with Crippen molar-refractivity contribution in [3.8, 4) is 6.07 Å². The molecule has 2 aliphatic heterocycles. The number of carbonyl (C=O) groups excluding carboxylic acids is 1. The molecule has 0 spiro atoms. The first-order valence-electron chi connectivity index (χ1n) is 12.6. The van der Waals surface area contributed by atoms with Crippen LogP contribution in [0.25, 0.3) is 5.70 Å². The lowest BCUT2D eigenvalue weighted by atomic mass is 10.1. The van der Waals surface area contributed by atoms with E-state index in [0.29, 0.717) is 50.7 Å². The van der Waals surface area contributed by atoms with Crippen molar-refractivity contribution in [1.82, 2.24) is 9.80 Å². The number of benzene rings is 3. The Morgan fingerprint density at radius 1 is 1.05 bits per heavy atom. The molecule has 0 bridgehead atoms. The van der Waals surface area contributed by atoms with E-state index in [0.717, 1.165) is 23.4 Å². The van der Waals surface area contributed by atoms with Crippen molar-refractivity contribution in [2.24, 2.45) is 4.99 Å². The normalized spacial score (nSPS) is 18.2. The van der Waals surface area contributed by atoms with Gasteiger partial charge in [-0.1, -0.05) is 54.2 Å². The van der Waals surface area contributed by atoms with E-state index in [1.807, 2.05) is 47.6 Å². The maximum absolute atomic E-state index is 13.9. The number of amides is 1. The van der Waals surface area contributed by atoms with Crippen LogP contribution in [0.5, 0.6) is 0 Å². The van der Waals surface area contributed by atoms with E-state index in [1.165, 1.54) is 35.7 Å². The number of thioether (sulfide) groups is 2. The van der Waals surface area contributed by atoms with E-state index in [2.05, 4.69) is 11.4 Å². The van der Waals surface area contributed by atoms with Crippen LogP contribution in [0.2, 0.25) is 0 Å². The molecular formula is C30H24F3N5OS2. The SMILES string of the molecule is CCNc1ccc(C#N)cc1N=C1SC(=C2SC=C(c3ccc(C(F)(F)F)cc3)N2C)C(=O)N1Cc1ccccc1. The maximum Gasteiger partial charge on any atom is 0.416 e. The molecule has 0 radical (unpaired) electrons. The number of anilines is 1. The summed E-state index contributed by atoms with van der Waals surface area (Å²) >= 11 is 2.58. The van der Waals surface area contributed by atoms with Gasteiger partial charge in [0.2, 0.25) is 0 Å². The van der Waals surface area contributed by atoms with Crippen LogP contribution in [0.4, 0.5) is 24.5 Å². The van der Waals surface area contributed by atoms with Gasteiger partial charge >= 0.3 is 6.18 Å². The first-order chi connectivity index (χ1) is 19.7. The van der Waals surface area contributed by atoms with Gasteiger partial charge in [0.15, 0.2) is 5.17 Å². The lowest BCUT2D eigenvalue weighted by Gasteiger charge is -2.19. The van der Waals surface area contributed by atoms with Crippen LogP contribution in [-0.2, 0) is 17.5 Å². The number of hydrogen-bond acceptors (Lipinski definition) is 7. The maximum atomic E-state index is 13.9. The molecule has 0 aliphatic carbocycles. The van der Waals surface area contributed by atoms with Gasteiger partial charge in [-0.3, -0.25) is 9.69 Å². The summed E-state index contributed by atoms with van der Waals surface area (Å²) in [4.78, 5) is 22.6. The van der Waals surface area contributed by atoms with Gasteiger partial charge in [0.05, 0.1) is 45.8 Å². The molecule has 2 aliphatic rings. The molecule has 5 rings (SSSR count). The molecule has 3 aromatic carbocycles. The van der Waals surface area contributed by atoms with Gasteiger partial charge in [0.1, 0.15) is 4.91 Å². The summed E-state index contributed by atoms with van der Waals surface area (Å²) < 4.78 is 39.2. The zero-order valence-corrected chi connectivity index (χ0v) is 23.7. The number of carbonyl (C=O) groups is 1.